The van der Waals surface area contributed by atoms with Gasteiger partial charge in [-0.2, -0.15) is 0 Å². The highest BCUT2D eigenvalue weighted by Crippen LogP contribution is 2.36. The zero-order valence-electron chi connectivity index (χ0n) is 24.2. The van der Waals surface area contributed by atoms with Crippen molar-refractivity contribution in [3.63, 3.8) is 0 Å². The molecule has 2 heterocycles. The minimum Gasteiger partial charge on any atom is -0.309 e. The second-order valence-electron chi connectivity index (χ2n) is 11.0. The van der Waals surface area contributed by atoms with Crippen molar-refractivity contribution >= 4 is 21.8 Å². The summed E-state index contributed by atoms with van der Waals surface area (Å²) in [5, 5.41) is 2.45. The molecule has 0 aliphatic heterocycles. The highest BCUT2D eigenvalue weighted by molar-refractivity contribution is 6.10. The lowest BCUT2D eigenvalue weighted by Crippen LogP contribution is -2.01. The summed E-state index contributed by atoms with van der Waals surface area (Å²) in [5.74, 6) is 1.96. The van der Waals surface area contributed by atoms with E-state index < -0.39 is 0 Å². The molecule has 0 amide bonds. The summed E-state index contributed by atoms with van der Waals surface area (Å²) in [6.45, 7) is 2.13. The van der Waals surface area contributed by atoms with Crippen LogP contribution in [0.25, 0.3) is 72.8 Å². The Balaban J connectivity index is 1.35. The van der Waals surface area contributed by atoms with E-state index in [1.807, 2.05) is 60.7 Å². The predicted octanol–water partition coefficient (Wildman–Crippen LogP) is 9.95. The van der Waals surface area contributed by atoms with Gasteiger partial charge in [0.1, 0.15) is 0 Å². The number of rotatable bonds is 5. The van der Waals surface area contributed by atoms with Gasteiger partial charge in [0.25, 0.3) is 0 Å². The molecule has 0 fully saturated rings. The Bertz CT molecular complexity index is 2210. The van der Waals surface area contributed by atoms with Crippen LogP contribution in [-0.2, 0) is 0 Å². The molecule has 0 bridgehead atoms. The predicted molar refractivity (Wildman–Crippen MR) is 181 cm³/mol. The lowest BCUT2D eigenvalue weighted by atomic mass is 10.0. The van der Waals surface area contributed by atoms with Crippen molar-refractivity contribution in [2.45, 2.75) is 6.92 Å². The van der Waals surface area contributed by atoms with E-state index in [1.54, 1.807) is 0 Å². The molecule has 8 rings (SSSR count). The summed E-state index contributed by atoms with van der Waals surface area (Å²) >= 11 is 0. The Kier molecular flexibility index (Phi) is 6.31. The van der Waals surface area contributed by atoms with E-state index >= 15 is 0 Å². The van der Waals surface area contributed by atoms with E-state index in [0.717, 1.165) is 39.0 Å². The number of benzene rings is 6. The molecule has 4 nitrogen and oxygen atoms in total. The Morgan fingerprint density at radius 3 is 1.55 bits per heavy atom. The van der Waals surface area contributed by atoms with Gasteiger partial charge in [-0.3, -0.25) is 0 Å². The number of hydrogen-bond acceptors (Lipinski definition) is 3. The number of para-hydroxylation sites is 1. The maximum atomic E-state index is 5.01. The summed E-state index contributed by atoms with van der Waals surface area (Å²) in [6.07, 6.45) is 0. The molecule has 44 heavy (non-hydrogen) atoms. The fourth-order valence-electron chi connectivity index (χ4n) is 6.02. The molecule has 2 aromatic heterocycles. The van der Waals surface area contributed by atoms with Crippen LogP contribution in [0.3, 0.4) is 0 Å². The number of nitrogens with zero attached hydrogens (tertiary/aromatic N) is 4. The smallest absolute Gasteiger partial charge is 0.164 e. The second-order valence-corrected chi connectivity index (χ2v) is 11.0. The van der Waals surface area contributed by atoms with Crippen LogP contribution in [0, 0.1) is 6.92 Å². The van der Waals surface area contributed by atoms with Crippen molar-refractivity contribution in [2.75, 3.05) is 0 Å². The van der Waals surface area contributed by atoms with Gasteiger partial charge in [-0.1, -0.05) is 121 Å². The Labute approximate surface area is 256 Å². The first-order valence-electron chi connectivity index (χ1n) is 14.8. The summed E-state index contributed by atoms with van der Waals surface area (Å²) in [7, 11) is 0. The molecule has 4 heteroatoms. The molecule has 0 atom stereocenters. The van der Waals surface area contributed by atoms with Crippen molar-refractivity contribution in [3.05, 3.63) is 157 Å². The van der Waals surface area contributed by atoms with Crippen LogP contribution in [0.4, 0.5) is 0 Å². The number of hydrogen-bond donors (Lipinski definition) is 0. The summed E-state index contributed by atoms with van der Waals surface area (Å²) < 4.78 is 2.37. The van der Waals surface area contributed by atoms with Crippen molar-refractivity contribution in [3.8, 4) is 51.0 Å². The van der Waals surface area contributed by atoms with Gasteiger partial charge in [0.05, 0.1) is 11.0 Å². The summed E-state index contributed by atoms with van der Waals surface area (Å²) in [4.78, 5) is 14.9. The van der Waals surface area contributed by atoms with E-state index in [4.69, 9.17) is 15.0 Å². The van der Waals surface area contributed by atoms with Crippen LogP contribution in [0.15, 0.2) is 152 Å². The monoisotopic (exact) mass is 564 g/mol. The topological polar surface area (TPSA) is 43.6 Å². The standard InChI is InChI=1S/C40H28N4/c1-27-23-32(40-42-38(29-15-7-3-8-16-29)41-39(43-40)30-17-9-4-10-18-30)25-33(24-27)44-36-20-12-11-19-34(36)35-22-21-31(26-37(35)44)28-13-5-2-6-14-28/h2-26H,1H3. The van der Waals surface area contributed by atoms with Crippen molar-refractivity contribution < 1.29 is 0 Å². The minimum absolute atomic E-state index is 0.647. The zero-order valence-corrected chi connectivity index (χ0v) is 24.2. The zero-order chi connectivity index (χ0) is 29.5. The maximum Gasteiger partial charge on any atom is 0.164 e. The molecule has 0 aliphatic rings. The van der Waals surface area contributed by atoms with E-state index in [9.17, 15) is 0 Å². The van der Waals surface area contributed by atoms with Gasteiger partial charge < -0.3 is 4.57 Å². The molecule has 0 unspecified atom stereocenters. The highest BCUT2D eigenvalue weighted by atomic mass is 15.0. The van der Waals surface area contributed by atoms with Gasteiger partial charge in [0.15, 0.2) is 17.5 Å². The molecule has 0 aliphatic carbocycles. The minimum atomic E-state index is 0.647. The molecule has 8 aromatic rings. The Hall–Kier alpha value is -5.87. The molecular weight excluding hydrogens is 536 g/mol. The van der Waals surface area contributed by atoms with E-state index in [0.29, 0.717) is 17.5 Å². The first kappa shape index (κ1) is 25.8. The SMILES string of the molecule is Cc1cc(-c2nc(-c3ccccc3)nc(-c3ccccc3)n2)cc(-n2c3ccccc3c3ccc(-c4ccccc4)cc32)c1. The van der Waals surface area contributed by atoms with Crippen LogP contribution < -0.4 is 0 Å². The largest absolute Gasteiger partial charge is 0.309 e. The van der Waals surface area contributed by atoms with Crippen LogP contribution in [0.5, 0.6) is 0 Å². The second kappa shape index (κ2) is 10.8. The number of aromatic nitrogens is 4. The van der Waals surface area contributed by atoms with Crippen LogP contribution in [-0.4, -0.2) is 19.5 Å². The van der Waals surface area contributed by atoms with Gasteiger partial charge in [-0.15, -0.1) is 0 Å². The average Bonchev–Trinajstić information content (AvgIpc) is 3.43. The molecule has 6 aromatic carbocycles. The van der Waals surface area contributed by atoms with Crippen molar-refractivity contribution in [2.24, 2.45) is 0 Å². The van der Waals surface area contributed by atoms with Gasteiger partial charge in [-0.05, 0) is 53.9 Å². The van der Waals surface area contributed by atoms with Crippen molar-refractivity contribution in [1.82, 2.24) is 19.5 Å². The molecule has 0 saturated heterocycles. The lowest BCUT2D eigenvalue weighted by molar-refractivity contribution is 1.07. The molecule has 0 radical (unpaired) electrons. The normalized spacial score (nSPS) is 11.3. The number of fused-ring (bicyclic) bond motifs is 3. The van der Waals surface area contributed by atoms with E-state index in [-0.39, 0.29) is 0 Å². The van der Waals surface area contributed by atoms with Gasteiger partial charge >= 0.3 is 0 Å². The van der Waals surface area contributed by atoms with Crippen molar-refractivity contribution in [1.29, 1.82) is 0 Å². The first-order valence-corrected chi connectivity index (χ1v) is 14.8. The quantitative estimate of drug-likeness (QED) is 0.209. The third kappa shape index (κ3) is 4.63. The maximum absolute atomic E-state index is 5.01. The van der Waals surface area contributed by atoms with Crippen LogP contribution in [0.1, 0.15) is 5.56 Å². The first-order chi connectivity index (χ1) is 21.7. The fraction of sp³-hybridized carbons (Fsp3) is 0.0250. The third-order valence-corrected chi connectivity index (χ3v) is 8.06. The highest BCUT2D eigenvalue weighted by Gasteiger charge is 2.17. The van der Waals surface area contributed by atoms with E-state index in [2.05, 4.69) is 102 Å². The third-order valence-electron chi connectivity index (χ3n) is 8.06. The molecular formula is C40H28N4. The molecule has 0 saturated carbocycles. The summed E-state index contributed by atoms with van der Waals surface area (Å²) in [5.41, 5.74) is 9.76. The fourth-order valence-corrected chi connectivity index (χ4v) is 6.02. The Morgan fingerprint density at radius 2 is 0.909 bits per heavy atom. The average molecular weight is 565 g/mol. The Morgan fingerprint density at radius 1 is 0.386 bits per heavy atom. The van der Waals surface area contributed by atoms with Crippen LogP contribution >= 0.6 is 0 Å². The van der Waals surface area contributed by atoms with E-state index in [1.165, 1.54) is 21.9 Å². The molecule has 208 valence electrons. The lowest BCUT2D eigenvalue weighted by Gasteiger charge is -2.13. The molecule has 0 N–H and O–H groups in total. The van der Waals surface area contributed by atoms with Gasteiger partial charge in [0.2, 0.25) is 0 Å². The summed E-state index contributed by atoms with van der Waals surface area (Å²) in [6, 6.07) is 52.8. The number of aryl methyl sites for hydroxylation is 1. The van der Waals surface area contributed by atoms with Gasteiger partial charge in [-0.25, -0.2) is 15.0 Å². The van der Waals surface area contributed by atoms with Crippen LogP contribution in [0.2, 0.25) is 0 Å². The van der Waals surface area contributed by atoms with Gasteiger partial charge in [0, 0.05) is 33.2 Å². The molecule has 0 spiro atoms.